The summed E-state index contributed by atoms with van der Waals surface area (Å²) in [7, 11) is 0. The Kier molecular flexibility index (Phi) is 9.99. The summed E-state index contributed by atoms with van der Waals surface area (Å²) in [6.07, 6.45) is 1.97. The molecule has 7 aromatic carbocycles. The molecule has 0 spiro atoms. The van der Waals surface area contributed by atoms with Gasteiger partial charge in [0.15, 0.2) is 0 Å². The number of para-hydroxylation sites is 1. The molecule has 0 saturated heterocycles. The molecule has 0 unspecified atom stereocenters. The van der Waals surface area contributed by atoms with E-state index < -0.39 is 0 Å². The summed E-state index contributed by atoms with van der Waals surface area (Å²) >= 11 is 0. The van der Waals surface area contributed by atoms with Crippen molar-refractivity contribution in [2.75, 3.05) is 0 Å². The predicted molar refractivity (Wildman–Crippen MR) is 257 cm³/mol. The van der Waals surface area contributed by atoms with E-state index in [9.17, 15) is 5.11 Å². The van der Waals surface area contributed by atoms with Crippen molar-refractivity contribution >= 4 is 21.8 Å². The Morgan fingerprint density at radius 1 is 0.525 bits per heavy atom. The molecule has 2 heterocycles. The van der Waals surface area contributed by atoms with Crippen molar-refractivity contribution in [1.29, 1.82) is 0 Å². The molecule has 302 valence electrons. The minimum Gasteiger partial charge on any atom is -0.507 e. The van der Waals surface area contributed by atoms with Gasteiger partial charge in [0.05, 0.1) is 28.0 Å². The molecule has 0 aliphatic heterocycles. The second-order valence-electron chi connectivity index (χ2n) is 18.7. The standard InChI is InChI=1S/C57H53N3O/c1-36(2)42-28-43(30-44(29-42)50-32-39-22-15-16-23-41(39)35-58-50)46-24-17-25-52-53(46)59-55(48-33-45(56(3,4)5)34-49(54(48)61)57(6,7)8)60(52)51-27-26-40(37-18-11-9-12-19-37)31-47(51)38-20-13-10-14-21-38/h9-36,61H,1-8H3. The number of phenols is 1. The molecule has 0 saturated carbocycles. The van der Waals surface area contributed by atoms with Crippen LogP contribution in [0.2, 0.25) is 0 Å². The van der Waals surface area contributed by atoms with Gasteiger partial charge in [-0.2, -0.15) is 0 Å². The van der Waals surface area contributed by atoms with Crippen LogP contribution in [0.25, 0.3) is 83.5 Å². The molecule has 0 aliphatic rings. The Morgan fingerprint density at radius 3 is 1.89 bits per heavy atom. The van der Waals surface area contributed by atoms with Crippen LogP contribution in [0.15, 0.2) is 164 Å². The normalized spacial score (nSPS) is 12.1. The minimum absolute atomic E-state index is 0.179. The lowest BCUT2D eigenvalue weighted by Crippen LogP contribution is -2.17. The number of hydrogen-bond donors (Lipinski definition) is 1. The van der Waals surface area contributed by atoms with Gasteiger partial charge in [0.1, 0.15) is 11.6 Å². The summed E-state index contributed by atoms with van der Waals surface area (Å²) in [5.74, 6) is 1.24. The van der Waals surface area contributed by atoms with E-state index in [2.05, 4.69) is 218 Å². The first-order valence-electron chi connectivity index (χ1n) is 21.4. The van der Waals surface area contributed by atoms with Crippen molar-refractivity contribution in [3.63, 3.8) is 0 Å². The van der Waals surface area contributed by atoms with Crippen LogP contribution in [-0.4, -0.2) is 19.6 Å². The molecular formula is C57H53N3O. The van der Waals surface area contributed by atoms with Gasteiger partial charge in [0.2, 0.25) is 0 Å². The Labute approximate surface area is 360 Å². The fourth-order valence-corrected chi connectivity index (χ4v) is 8.49. The van der Waals surface area contributed by atoms with Crippen molar-refractivity contribution in [2.24, 2.45) is 0 Å². The van der Waals surface area contributed by atoms with Crippen LogP contribution in [0.5, 0.6) is 5.75 Å². The summed E-state index contributed by atoms with van der Waals surface area (Å²) in [4.78, 5) is 10.6. The van der Waals surface area contributed by atoms with Gasteiger partial charge >= 0.3 is 0 Å². The average Bonchev–Trinajstić information content (AvgIpc) is 3.65. The first kappa shape index (κ1) is 39.7. The van der Waals surface area contributed by atoms with Crippen molar-refractivity contribution in [3.8, 4) is 67.5 Å². The molecule has 9 rings (SSSR count). The molecule has 4 heteroatoms. The van der Waals surface area contributed by atoms with Crippen LogP contribution < -0.4 is 0 Å². The topological polar surface area (TPSA) is 50.9 Å². The number of hydrogen-bond acceptors (Lipinski definition) is 3. The van der Waals surface area contributed by atoms with Gasteiger partial charge in [-0.15, -0.1) is 0 Å². The number of aromatic nitrogens is 3. The fourth-order valence-electron chi connectivity index (χ4n) is 8.49. The van der Waals surface area contributed by atoms with Gasteiger partial charge in [-0.1, -0.05) is 171 Å². The highest BCUT2D eigenvalue weighted by molar-refractivity contribution is 5.98. The fraction of sp³-hybridized carbons (Fsp3) is 0.193. The average molecular weight is 796 g/mol. The van der Waals surface area contributed by atoms with Crippen molar-refractivity contribution in [3.05, 3.63) is 181 Å². The largest absolute Gasteiger partial charge is 0.507 e. The third-order valence-corrected chi connectivity index (χ3v) is 12.0. The van der Waals surface area contributed by atoms with Gasteiger partial charge in [-0.05, 0) is 98.0 Å². The molecular weight excluding hydrogens is 743 g/mol. The molecule has 0 atom stereocenters. The zero-order valence-corrected chi connectivity index (χ0v) is 36.5. The van der Waals surface area contributed by atoms with Crippen LogP contribution in [0.4, 0.5) is 0 Å². The summed E-state index contributed by atoms with van der Waals surface area (Å²) < 4.78 is 2.28. The highest BCUT2D eigenvalue weighted by atomic mass is 16.3. The second kappa shape index (κ2) is 15.4. The number of phenolic OH excluding ortho intramolecular Hbond substituents is 1. The first-order valence-corrected chi connectivity index (χ1v) is 21.4. The van der Waals surface area contributed by atoms with Crippen LogP contribution in [0, 0.1) is 0 Å². The second-order valence-corrected chi connectivity index (χ2v) is 18.7. The van der Waals surface area contributed by atoms with E-state index >= 15 is 0 Å². The summed E-state index contributed by atoms with van der Waals surface area (Å²) in [5.41, 5.74) is 14.8. The number of imidazole rings is 1. The monoisotopic (exact) mass is 795 g/mol. The van der Waals surface area contributed by atoms with E-state index in [-0.39, 0.29) is 22.5 Å². The van der Waals surface area contributed by atoms with Crippen molar-refractivity contribution in [2.45, 2.75) is 72.1 Å². The first-order chi connectivity index (χ1) is 29.2. The maximum absolute atomic E-state index is 12.5. The maximum atomic E-state index is 12.5. The molecule has 0 fully saturated rings. The van der Waals surface area contributed by atoms with E-state index in [4.69, 9.17) is 9.97 Å². The third-order valence-electron chi connectivity index (χ3n) is 12.0. The molecule has 0 aliphatic carbocycles. The molecule has 9 aromatic rings. The van der Waals surface area contributed by atoms with Gasteiger partial charge in [-0.3, -0.25) is 9.55 Å². The third kappa shape index (κ3) is 7.52. The highest BCUT2D eigenvalue weighted by Crippen LogP contribution is 2.46. The van der Waals surface area contributed by atoms with Gasteiger partial charge in [0, 0.05) is 33.8 Å². The van der Waals surface area contributed by atoms with Crippen LogP contribution in [0.3, 0.4) is 0 Å². The minimum atomic E-state index is -0.320. The van der Waals surface area contributed by atoms with Gasteiger partial charge in [-0.25, -0.2) is 4.98 Å². The van der Waals surface area contributed by atoms with Gasteiger partial charge in [0.25, 0.3) is 0 Å². The Morgan fingerprint density at radius 2 is 1.20 bits per heavy atom. The summed E-state index contributed by atoms with van der Waals surface area (Å²) in [5, 5.41) is 14.8. The molecule has 1 N–H and O–H groups in total. The Balaban J connectivity index is 1.37. The Hall–Kier alpha value is -6.78. The summed E-state index contributed by atoms with van der Waals surface area (Å²) in [6, 6.07) is 56.1. The number of aromatic hydroxyl groups is 1. The van der Waals surface area contributed by atoms with Crippen molar-refractivity contribution < 1.29 is 5.11 Å². The lowest BCUT2D eigenvalue weighted by molar-refractivity contribution is 0.446. The lowest BCUT2D eigenvalue weighted by Gasteiger charge is -2.27. The molecule has 0 amide bonds. The smallest absolute Gasteiger partial charge is 0.149 e. The van der Waals surface area contributed by atoms with Crippen LogP contribution in [-0.2, 0) is 10.8 Å². The van der Waals surface area contributed by atoms with E-state index in [0.29, 0.717) is 11.4 Å². The number of benzene rings is 7. The van der Waals surface area contributed by atoms with Crippen LogP contribution in [0.1, 0.15) is 78.0 Å². The molecule has 2 aromatic heterocycles. The number of fused-ring (bicyclic) bond motifs is 2. The van der Waals surface area contributed by atoms with E-state index in [1.54, 1.807) is 0 Å². The number of nitrogens with zero attached hydrogens (tertiary/aromatic N) is 3. The molecule has 0 bridgehead atoms. The highest BCUT2D eigenvalue weighted by Gasteiger charge is 2.29. The van der Waals surface area contributed by atoms with E-state index in [1.165, 1.54) is 5.56 Å². The zero-order valence-electron chi connectivity index (χ0n) is 36.5. The number of rotatable bonds is 7. The quantitative estimate of drug-likeness (QED) is 0.175. The Bertz CT molecular complexity index is 3070. The van der Waals surface area contributed by atoms with Crippen LogP contribution >= 0.6 is 0 Å². The number of pyridine rings is 1. The van der Waals surface area contributed by atoms with E-state index in [0.717, 1.165) is 83.3 Å². The van der Waals surface area contributed by atoms with Gasteiger partial charge < -0.3 is 5.11 Å². The summed E-state index contributed by atoms with van der Waals surface area (Å²) in [6.45, 7) is 17.7. The zero-order chi connectivity index (χ0) is 42.6. The molecule has 4 nitrogen and oxygen atoms in total. The lowest BCUT2D eigenvalue weighted by atomic mass is 9.79. The molecule has 61 heavy (non-hydrogen) atoms. The van der Waals surface area contributed by atoms with Crippen molar-refractivity contribution in [1.82, 2.24) is 14.5 Å². The predicted octanol–water partition coefficient (Wildman–Crippen LogP) is 15.3. The maximum Gasteiger partial charge on any atom is 0.149 e. The van der Waals surface area contributed by atoms with E-state index in [1.807, 2.05) is 6.20 Å². The molecule has 0 radical (unpaired) electrons. The SMILES string of the molecule is CC(C)c1cc(-c2cc3ccccc3cn2)cc(-c2cccc3c2nc(-c2cc(C(C)(C)C)cc(C(C)(C)C)c2O)n3-c2ccc(-c3ccccc3)cc2-c2ccccc2)c1.